The Hall–Kier alpha value is -3.35. The molecule has 1 aliphatic carbocycles. The van der Waals surface area contributed by atoms with Gasteiger partial charge in [0.15, 0.2) is 5.78 Å². The van der Waals surface area contributed by atoms with E-state index in [0.29, 0.717) is 23.1 Å². The van der Waals surface area contributed by atoms with Crippen LogP contribution in [0, 0.1) is 21.8 Å². The minimum atomic E-state index is -1.08. The lowest BCUT2D eigenvalue weighted by Gasteiger charge is -2.29. The van der Waals surface area contributed by atoms with Crippen LogP contribution in [0.3, 0.4) is 0 Å². The summed E-state index contributed by atoms with van der Waals surface area (Å²) in [4.78, 5) is 35.8. The number of esters is 1. The van der Waals surface area contributed by atoms with Gasteiger partial charge in [0.25, 0.3) is 5.69 Å². The fourth-order valence-electron chi connectivity index (χ4n) is 3.43. The Morgan fingerprint density at radius 2 is 1.96 bits per heavy atom. The van der Waals surface area contributed by atoms with Crippen LogP contribution < -0.4 is 0 Å². The first-order chi connectivity index (χ1) is 13.4. The molecule has 144 valence electrons. The molecule has 0 unspecified atom stereocenters. The number of ether oxygens (including phenoxy) is 1. The van der Waals surface area contributed by atoms with E-state index >= 15 is 0 Å². The molecule has 2 aromatic carbocycles. The van der Waals surface area contributed by atoms with Crippen molar-refractivity contribution in [3.05, 3.63) is 81.7 Å². The number of carbonyl (C=O) groups excluding carboxylic acids is 2. The normalized spacial score (nSPS) is 19.1. The lowest BCUT2D eigenvalue weighted by atomic mass is 9.73. The quantitative estimate of drug-likeness (QED) is 0.336. The highest BCUT2D eigenvalue weighted by atomic mass is 19.1. The Morgan fingerprint density at radius 1 is 1.25 bits per heavy atom. The summed E-state index contributed by atoms with van der Waals surface area (Å²) in [5.41, 5.74) is 1.69. The summed E-state index contributed by atoms with van der Waals surface area (Å²) in [6.45, 7) is 1.77. The minimum absolute atomic E-state index is 0.120. The van der Waals surface area contributed by atoms with Crippen LogP contribution in [0.5, 0.6) is 0 Å². The Labute approximate surface area is 160 Å². The monoisotopic (exact) mass is 383 g/mol. The van der Waals surface area contributed by atoms with E-state index in [1.165, 1.54) is 36.4 Å². The molecule has 0 spiro atoms. The number of nitro groups is 1. The number of rotatable bonds is 5. The predicted octanol–water partition coefficient (Wildman–Crippen LogP) is 4.05. The molecule has 0 radical (unpaired) electrons. The van der Waals surface area contributed by atoms with Crippen LogP contribution in [0.25, 0.3) is 5.57 Å². The predicted molar refractivity (Wildman–Crippen MR) is 100.0 cm³/mol. The molecule has 0 heterocycles. The van der Waals surface area contributed by atoms with Crippen molar-refractivity contribution in [2.24, 2.45) is 5.92 Å². The third-order valence-corrected chi connectivity index (χ3v) is 4.73. The van der Waals surface area contributed by atoms with Crippen molar-refractivity contribution in [3.63, 3.8) is 0 Å². The summed E-state index contributed by atoms with van der Waals surface area (Å²) in [7, 11) is 0. The van der Waals surface area contributed by atoms with E-state index in [0.717, 1.165) is 0 Å². The van der Waals surface area contributed by atoms with Gasteiger partial charge in [-0.05, 0) is 48.3 Å². The fourth-order valence-corrected chi connectivity index (χ4v) is 3.43. The Kier molecular flexibility index (Phi) is 5.63. The molecule has 6 nitrogen and oxygen atoms in total. The van der Waals surface area contributed by atoms with Crippen LogP contribution in [0.2, 0.25) is 0 Å². The molecule has 0 amide bonds. The van der Waals surface area contributed by atoms with Gasteiger partial charge in [0, 0.05) is 18.1 Å². The zero-order valence-electron chi connectivity index (χ0n) is 15.1. The second-order valence-electron chi connectivity index (χ2n) is 6.47. The number of allylic oxidation sites excluding steroid dienone is 2. The molecular formula is C21H18FNO5. The standard InChI is InChI=1S/C21H18FNO5/c1-2-28-21(25)20-18(14-4-3-5-17(10-14)23(26)27)11-15(12-19(20)24)13-6-8-16(22)9-7-13/h3-10,12,18,20H,2,11H2,1H3/t18-,20+/m1/s1. The number of nitrogens with zero attached hydrogens (tertiary/aromatic N) is 1. The highest BCUT2D eigenvalue weighted by Gasteiger charge is 2.40. The molecule has 0 aromatic heterocycles. The zero-order valence-corrected chi connectivity index (χ0v) is 15.1. The van der Waals surface area contributed by atoms with E-state index < -0.39 is 34.3 Å². The molecule has 0 aliphatic heterocycles. The van der Waals surface area contributed by atoms with Gasteiger partial charge in [0.2, 0.25) is 0 Å². The molecule has 0 N–H and O–H groups in total. The first-order valence-electron chi connectivity index (χ1n) is 8.82. The van der Waals surface area contributed by atoms with E-state index in [1.807, 2.05) is 0 Å². The molecule has 7 heteroatoms. The van der Waals surface area contributed by atoms with Crippen LogP contribution in [-0.4, -0.2) is 23.3 Å². The maximum Gasteiger partial charge on any atom is 0.317 e. The number of carbonyl (C=O) groups is 2. The Balaban J connectivity index is 2.05. The largest absolute Gasteiger partial charge is 0.465 e. The maximum atomic E-state index is 13.2. The molecule has 0 fully saturated rings. The number of halogens is 1. The average molecular weight is 383 g/mol. The minimum Gasteiger partial charge on any atom is -0.465 e. The van der Waals surface area contributed by atoms with Gasteiger partial charge >= 0.3 is 5.97 Å². The van der Waals surface area contributed by atoms with E-state index in [2.05, 4.69) is 0 Å². The number of non-ortho nitro benzene ring substituents is 1. The van der Waals surface area contributed by atoms with Crippen molar-refractivity contribution in [1.29, 1.82) is 0 Å². The Bertz CT molecular complexity index is 952. The molecule has 3 rings (SSSR count). The zero-order chi connectivity index (χ0) is 20.3. The number of hydrogen-bond donors (Lipinski definition) is 0. The van der Waals surface area contributed by atoms with Crippen molar-refractivity contribution in [1.82, 2.24) is 0 Å². The fraction of sp³-hybridized carbons (Fsp3) is 0.238. The first-order valence-corrected chi connectivity index (χ1v) is 8.82. The van der Waals surface area contributed by atoms with Crippen molar-refractivity contribution in [2.45, 2.75) is 19.3 Å². The molecule has 1 aliphatic rings. The molecule has 0 saturated heterocycles. The number of nitro benzene ring substituents is 1. The van der Waals surface area contributed by atoms with Gasteiger partial charge in [-0.3, -0.25) is 19.7 Å². The highest BCUT2D eigenvalue weighted by Crippen LogP contribution is 2.41. The van der Waals surface area contributed by atoms with E-state index in [4.69, 9.17) is 4.74 Å². The van der Waals surface area contributed by atoms with E-state index in [-0.39, 0.29) is 12.3 Å². The third kappa shape index (κ3) is 3.98. The van der Waals surface area contributed by atoms with Crippen LogP contribution in [0.15, 0.2) is 54.6 Å². The van der Waals surface area contributed by atoms with Gasteiger partial charge < -0.3 is 4.74 Å². The van der Waals surface area contributed by atoms with E-state index in [1.54, 1.807) is 25.1 Å². The van der Waals surface area contributed by atoms with Crippen molar-refractivity contribution in [2.75, 3.05) is 6.61 Å². The van der Waals surface area contributed by atoms with Gasteiger partial charge in [-0.1, -0.05) is 24.3 Å². The summed E-state index contributed by atoms with van der Waals surface area (Å²) >= 11 is 0. The summed E-state index contributed by atoms with van der Waals surface area (Å²) < 4.78 is 18.3. The second kappa shape index (κ2) is 8.12. The van der Waals surface area contributed by atoms with Gasteiger partial charge in [-0.25, -0.2) is 4.39 Å². The molecule has 2 aromatic rings. The van der Waals surface area contributed by atoms with Gasteiger partial charge in [-0.2, -0.15) is 0 Å². The highest BCUT2D eigenvalue weighted by molar-refractivity contribution is 6.10. The van der Waals surface area contributed by atoms with Gasteiger partial charge in [0.1, 0.15) is 11.7 Å². The summed E-state index contributed by atoms with van der Waals surface area (Å²) in [5.74, 6) is -3.17. The van der Waals surface area contributed by atoms with Crippen LogP contribution >= 0.6 is 0 Å². The topological polar surface area (TPSA) is 86.5 Å². The maximum absolute atomic E-state index is 13.2. The van der Waals surface area contributed by atoms with Crippen molar-refractivity contribution >= 4 is 23.0 Å². The van der Waals surface area contributed by atoms with Crippen molar-refractivity contribution in [3.8, 4) is 0 Å². The third-order valence-electron chi connectivity index (χ3n) is 4.73. The van der Waals surface area contributed by atoms with Gasteiger partial charge in [0.05, 0.1) is 11.5 Å². The molecule has 28 heavy (non-hydrogen) atoms. The summed E-state index contributed by atoms with van der Waals surface area (Å²) in [6.07, 6.45) is 1.67. The van der Waals surface area contributed by atoms with Crippen molar-refractivity contribution < 1.29 is 23.6 Å². The lowest BCUT2D eigenvalue weighted by Crippen LogP contribution is -2.34. The number of hydrogen-bond acceptors (Lipinski definition) is 5. The summed E-state index contributed by atoms with van der Waals surface area (Å²) in [5, 5.41) is 11.1. The molecule has 2 atom stereocenters. The first kappa shape index (κ1) is 19.4. The lowest BCUT2D eigenvalue weighted by molar-refractivity contribution is -0.384. The Morgan fingerprint density at radius 3 is 2.61 bits per heavy atom. The van der Waals surface area contributed by atoms with Crippen LogP contribution in [-0.2, 0) is 14.3 Å². The number of ketones is 1. The SMILES string of the molecule is CCOC(=O)[C@@H]1C(=O)C=C(c2ccc(F)cc2)C[C@@H]1c1cccc([N+](=O)[O-])c1. The average Bonchev–Trinajstić information content (AvgIpc) is 2.68. The smallest absolute Gasteiger partial charge is 0.317 e. The van der Waals surface area contributed by atoms with E-state index in [9.17, 15) is 24.1 Å². The second-order valence-corrected chi connectivity index (χ2v) is 6.47. The number of benzene rings is 2. The van der Waals surface area contributed by atoms with Crippen LogP contribution in [0.4, 0.5) is 10.1 Å². The van der Waals surface area contributed by atoms with Crippen LogP contribution in [0.1, 0.15) is 30.4 Å². The molecule has 0 saturated carbocycles. The van der Waals surface area contributed by atoms with Gasteiger partial charge in [-0.15, -0.1) is 0 Å². The molecular weight excluding hydrogens is 365 g/mol. The summed E-state index contributed by atoms with van der Waals surface area (Å²) in [6, 6.07) is 11.6. The molecule has 0 bridgehead atoms.